The number of esters is 1. The van der Waals surface area contributed by atoms with E-state index in [1.165, 1.54) is 16.7 Å². The Kier molecular flexibility index (Phi) is 6.06. The molecular weight excluding hydrogens is 418 g/mol. The second kappa shape index (κ2) is 8.73. The number of fused-ring (bicyclic) bond motifs is 1. The molecule has 1 aromatic heterocycles. The zero-order chi connectivity index (χ0) is 21.3. The first-order valence-electron chi connectivity index (χ1n) is 10.0. The van der Waals surface area contributed by atoms with Crippen molar-refractivity contribution < 1.29 is 14.3 Å². The van der Waals surface area contributed by atoms with Crippen LogP contribution >= 0.6 is 24.0 Å². The van der Waals surface area contributed by atoms with Crippen LogP contribution in [-0.4, -0.2) is 52.8 Å². The Morgan fingerprint density at radius 1 is 1.33 bits per heavy atom. The lowest BCUT2D eigenvalue weighted by molar-refractivity contribution is -0.148. The third-order valence-electron chi connectivity index (χ3n) is 5.42. The molecule has 2 aliphatic rings. The number of anilines is 1. The van der Waals surface area contributed by atoms with Crippen molar-refractivity contribution in [2.75, 3.05) is 31.6 Å². The molecular formula is C22H23N3O3S2. The first-order chi connectivity index (χ1) is 14.5. The van der Waals surface area contributed by atoms with Gasteiger partial charge in [-0.3, -0.25) is 14.5 Å². The SMILES string of the molecule is CCOC(=O)C1CCN(c2nc3ccccc3cc2/C=C2\SC(=S)N(C)C2=O)CC1. The number of piperidine rings is 1. The lowest BCUT2D eigenvalue weighted by Crippen LogP contribution is -2.37. The minimum absolute atomic E-state index is 0.0681. The van der Waals surface area contributed by atoms with E-state index < -0.39 is 0 Å². The van der Waals surface area contributed by atoms with Crippen LogP contribution in [0.1, 0.15) is 25.3 Å². The van der Waals surface area contributed by atoms with Gasteiger partial charge in [-0.05, 0) is 38.0 Å². The Morgan fingerprint density at radius 2 is 2.07 bits per heavy atom. The number of carbonyl (C=O) groups is 2. The van der Waals surface area contributed by atoms with Gasteiger partial charge in [-0.25, -0.2) is 4.98 Å². The Morgan fingerprint density at radius 3 is 2.73 bits per heavy atom. The summed E-state index contributed by atoms with van der Waals surface area (Å²) >= 11 is 6.57. The molecule has 0 spiro atoms. The van der Waals surface area contributed by atoms with E-state index in [4.69, 9.17) is 21.9 Å². The molecule has 0 aliphatic carbocycles. The summed E-state index contributed by atoms with van der Waals surface area (Å²) in [7, 11) is 1.69. The molecule has 3 heterocycles. The number of aromatic nitrogens is 1. The average molecular weight is 442 g/mol. The fourth-order valence-corrected chi connectivity index (χ4v) is 4.93. The number of rotatable bonds is 4. The minimum atomic E-state index is -0.115. The van der Waals surface area contributed by atoms with Crippen LogP contribution in [0.2, 0.25) is 0 Å². The van der Waals surface area contributed by atoms with Crippen LogP contribution in [0.5, 0.6) is 0 Å². The largest absolute Gasteiger partial charge is 0.466 e. The van der Waals surface area contributed by atoms with Gasteiger partial charge in [0, 0.05) is 31.1 Å². The third kappa shape index (κ3) is 4.06. The van der Waals surface area contributed by atoms with Crippen molar-refractivity contribution in [3.8, 4) is 0 Å². The Hall–Kier alpha value is -2.45. The number of hydrogen-bond acceptors (Lipinski definition) is 7. The van der Waals surface area contributed by atoms with Gasteiger partial charge in [-0.1, -0.05) is 42.2 Å². The highest BCUT2D eigenvalue weighted by molar-refractivity contribution is 8.26. The van der Waals surface area contributed by atoms with Crippen molar-refractivity contribution >= 4 is 63.0 Å². The molecule has 0 N–H and O–H groups in total. The molecule has 6 nitrogen and oxygen atoms in total. The third-order valence-corrected chi connectivity index (χ3v) is 6.90. The second-order valence-electron chi connectivity index (χ2n) is 7.35. The fraction of sp³-hybridized carbons (Fsp3) is 0.364. The normalized spacial score (nSPS) is 19.2. The molecule has 30 heavy (non-hydrogen) atoms. The molecule has 0 atom stereocenters. The molecule has 1 aromatic carbocycles. The minimum Gasteiger partial charge on any atom is -0.466 e. The molecule has 0 bridgehead atoms. The standard InChI is InChI=1S/C22H23N3O3S2/c1-3-28-21(27)14-8-10-25(11-9-14)19-16(12-15-6-4-5-7-17(15)23-19)13-18-20(26)24(2)22(29)30-18/h4-7,12-14H,3,8-11H2,1-2H3/b18-13-. The second-order valence-corrected chi connectivity index (χ2v) is 9.02. The summed E-state index contributed by atoms with van der Waals surface area (Å²) in [6, 6.07) is 10.0. The van der Waals surface area contributed by atoms with Crippen LogP contribution in [0.4, 0.5) is 5.82 Å². The van der Waals surface area contributed by atoms with E-state index in [1.807, 2.05) is 37.3 Å². The van der Waals surface area contributed by atoms with E-state index >= 15 is 0 Å². The topological polar surface area (TPSA) is 62.7 Å². The molecule has 2 saturated heterocycles. The van der Waals surface area contributed by atoms with Gasteiger partial charge in [0.2, 0.25) is 0 Å². The number of benzene rings is 1. The molecule has 0 saturated carbocycles. The van der Waals surface area contributed by atoms with E-state index in [1.54, 1.807) is 7.05 Å². The number of likely N-dealkylation sites (N-methyl/N-ethyl adjacent to an activating group) is 1. The molecule has 156 valence electrons. The van der Waals surface area contributed by atoms with Crippen molar-refractivity contribution in [2.24, 2.45) is 5.92 Å². The first-order valence-corrected chi connectivity index (χ1v) is 11.2. The molecule has 2 aliphatic heterocycles. The number of ether oxygens (including phenoxy) is 1. The van der Waals surface area contributed by atoms with Crippen LogP contribution in [0.15, 0.2) is 35.2 Å². The maximum atomic E-state index is 12.5. The number of thioether (sulfide) groups is 1. The highest BCUT2D eigenvalue weighted by Gasteiger charge is 2.30. The van der Waals surface area contributed by atoms with E-state index in [-0.39, 0.29) is 17.8 Å². The lowest BCUT2D eigenvalue weighted by Gasteiger charge is -2.32. The zero-order valence-electron chi connectivity index (χ0n) is 17.0. The summed E-state index contributed by atoms with van der Waals surface area (Å²) in [6.45, 7) is 3.66. The predicted molar refractivity (Wildman–Crippen MR) is 124 cm³/mol. The molecule has 8 heteroatoms. The van der Waals surface area contributed by atoms with Crippen LogP contribution in [0, 0.1) is 5.92 Å². The zero-order valence-corrected chi connectivity index (χ0v) is 18.6. The van der Waals surface area contributed by atoms with Crippen LogP contribution in [-0.2, 0) is 14.3 Å². The van der Waals surface area contributed by atoms with E-state index in [9.17, 15) is 9.59 Å². The Bertz CT molecular complexity index is 1050. The monoisotopic (exact) mass is 441 g/mol. The van der Waals surface area contributed by atoms with Crippen molar-refractivity contribution in [2.45, 2.75) is 19.8 Å². The van der Waals surface area contributed by atoms with Gasteiger partial charge in [0.25, 0.3) is 5.91 Å². The lowest BCUT2D eigenvalue weighted by atomic mass is 9.96. The first kappa shape index (κ1) is 20.8. The summed E-state index contributed by atoms with van der Waals surface area (Å²) in [4.78, 5) is 33.8. The number of amides is 1. The number of carbonyl (C=O) groups excluding carboxylic acids is 2. The molecule has 2 aromatic rings. The summed E-state index contributed by atoms with van der Waals surface area (Å²) in [6.07, 6.45) is 3.34. The van der Waals surface area contributed by atoms with Crippen LogP contribution < -0.4 is 4.90 Å². The average Bonchev–Trinajstić information content (AvgIpc) is 3.00. The van der Waals surface area contributed by atoms with E-state index in [2.05, 4.69) is 11.0 Å². The van der Waals surface area contributed by atoms with Gasteiger partial charge < -0.3 is 9.64 Å². The molecule has 0 radical (unpaired) electrons. The van der Waals surface area contributed by atoms with Gasteiger partial charge in [-0.15, -0.1) is 0 Å². The number of thiocarbonyl (C=S) groups is 1. The van der Waals surface area contributed by atoms with Crippen LogP contribution in [0.3, 0.4) is 0 Å². The summed E-state index contributed by atoms with van der Waals surface area (Å²) in [5.41, 5.74) is 1.79. The van der Waals surface area contributed by atoms with Crippen molar-refractivity contribution in [3.05, 3.63) is 40.8 Å². The maximum absolute atomic E-state index is 12.5. The molecule has 0 unspecified atom stereocenters. The highest BCUT2D eigenvalue weighted by atomic mass is 32.2. The van der Waals surface area contributed by atoms with Crippen molar-refractivity contribution in [1.29, 1.82) is 0 Å². The highest BCUT2D eigenvalue weighted by Crippen LogP contribution is 2.35. The number of hydrogen-bond donors (Lipinski definition) is 0. The quantitative estimate of drug-likeness (QED) is 0.406. The number of pyridine rings is 1. The fourth-order valence-electron chi connectivity index (χ4n) is 3.76. The van der Waals surface area contributed by atoms with E-state index in [0.29, 0.717) is 28.9 Å². The van der Waals surface area contributed by atoms with Gasteiger partial charge in [-0.2, -0.15) is 0 Å². The summed E-state index contributed by atoms with van der Waals surface area (Å²) in [5, 5.41) is 1.01. The summed E-state index contributed by atoms with van der Waals surface area (Å²) in [5.74, 6) is 0.555. The van der Waals surface area contributed by atoms with Crippen molar-refractivity contribution in [3.63, 3.8) is 0 Å². The number of para-hydroxylation sites is 1. The smallest absolute Gasteiger partial charge is 0.309 e. The number of nitrogens with zero attached hydrogens (tertiary/aromatic N) is 3. The Labute approximate surface area is 185 Å². The Balaban J connectivity index is 1.67. The maximum Gasteiger partial charge on any atom is 0.309 e. The van der Waals surface area contributed by atoms with Gasteiger partial charge in [0.15, 0.2) is 0 Å². The molecule has 1 amide bonds. The molecule has 2 fully saturated rings. The van der Waals surface area contributed by atoms with Crippen molar-refractivity contribution in [1.82, 2.24) is 9.88 Å². The van der Waals surface area contributed by atoms with Gasteiger partial charge in [0.05, 0.1) is 22.9 Å². The van der Waals surface area contributed by atoms with Gasteiger partial charge >= 0.3 is 5.97 Å². The summed E-state index contributed by atoms with van der Waals surface area (Å²) < 4.78 is 5.74. The van der Waals surface area contributed by atoms with Crippen LogP contribution in [0.25, 0.3) is 17.0 Å². The predicted octanol–water partition coefficient (Wildman–Crippen LogP) is 3.85. The van der Waals surface area contributed by atoms with Gasteiger partial charge in [0.1, 0.15) is 10.1 Å². The molecule has 4 rings (SSSR count). The van der Waals surface area contributed by atoms with E-state index in [0.717, 1.165) is 35.1 Å².